The zero-order valence-corrected chi connectivity index (χ0v) is 20.2. The molecule has 1 saturated carbocycles. The summed E-state index contributed by atoms with van der Waals surface area (Å²) in [6.45, 7) is 5.09. The lowest BCUT2D eigenvalue weighted by Crippen LogP contribution is -2.54. The van der Waals surface area contributed by atoms with Crippen molar-refractivity contribution in [1.82, 2.24) is 20.0 Å². The third-order valence-electron chi connectivity index (χ3n) is 7.03. The lowest BCUT2D eigenvalue weighted by molar-refractivity contribution is -0.140. The summed E-state index contributed by atoms with van der Waals surface area (Å²) in [7, 11) is 3.23. The molecule has 0 radical (unpaired) electrons. The molecule has 1 aliphatic carbocycles. The summed E-state index contributed by atoms with van der Waals surface area (Å²) in [5.41, 5.74) is 1.71. The summed E-state index contributed by atoms with van der Waals surface area (Å²) in [5, 5.41) is 2.94. The minimum Gasteiger partial charge on any atom is -0.496 e. The van der Waals surface area contributed by atoms with Crippen molar-refractivity contribution in [3.05, 3.63) is 41.1 Å². The van der Waals surface area contributed by atoms with Crippen molar-refractivity contribution in [3.8, 4) is 5.75 Å². The summed E-state index contributed by atoms with van der Waals surface area (Å²) in [6, 6.07) is 6.37. The highest BCUT2D eigenvalue weighted by Crippen LogP contribution is 2.36. The Balaban J connectivity index is 1.60. The summed E-state index contributed by atoms with van der Waals surface area (Å²) in [5.74, 6) is 0.586. The molecule has 3 amide bonds. The average Bonchev–Trinajstić information content (AvgIpc) is 2.81. The number of urea groups is 1. The van der Waals surface area contributed by atoms with Gasteiger partial charge in [-0.2, -0.15) is 0 Å². The Morgan fingerprint density at radius 2 is 1.82 bits per heavy atom. The summed E-state index contributed by atoms with van der Waals surface area (Å²) in [4.78, 5) is 44.3. The Bertz CT molecular complexity index is 966. The van der Waals surface area contributed by atoms with Gasteiger partial charge in [0, 0.05) is 56.9 Å². The molecule has 2 heterocycles. The van der Waals surface area contributed by atoms with Crippen molar-refractivity contribution in [1.29, 1.82) is 0 Å². The predicted octanol–water partition coefficient (Wildman–Crippen LogP) is 2.15. The molecule has 0 unspecified atom stereocenters. The van der Waals surface area contributed by atoms with E-state index in [0.29, 0.717) is 55.3 Å². The van der Waals surface area contributed by atoms with Crippen LogP contribution in [-0.2, 0) is 14.3 Å². The molecule has 9 heteroatoms. The van der Waals surface area contributed by atoms with E-state index >= 15 is 0 Å². The molecule has 184 valence electrons. The number of nitrogens with one attached hydrogen (secondary N) is 1. The number of benzene rings is 1. The van der Waals surface area contributed by atoms with E-state index in [-0.39, 0.29) is 24.5 Å². The molecule has 0 aromatic heterocycles. The maximum absolute atomic E-state index is 13.2. The number of ether oxygens (including phenoxy) is 2. The summed E-state index contributed by atoms with van der Waals surface area (Å²) < 4.78 is 10.9. The zero-order valence-electron chi connectivity index (χ0n) is 20.2. The van der Waals surface area contributed by atoms with Crippen LogP contribution >= 0.6 is 0 Å². The molecular formula is C25H34N4O5. The fraction of sp³-hybridized carbons (Fsp3) is 0.560. The highest BCUT2D eigenvalue weighted by Gasteiger charge is 2.39. The van der Waals surface area contributed by atoms with E-state index in [9.17, 15) is 14.4 Å². The third kappa shape index (κ3) is 4.75. The van der Waals surface area contributed by atoms with Crippen LogP contribution in [0, 0.1) is 5.92 Å². The van der Waals surface area contributed by atoms with Gasteiger partial charge in [0.15, 0.2) is 0 Å². The topological polar surface area (TPSA) is 91.4 Å². The lowest BCUT2D eigenvalue weighted by Gasteiger charge is -2.41. The molecule has 0 bridgehead atoms. The molecule has 1 N–H and O–H groups in total. The molecule has 1 aromatic carbocycles. The highest BCUT2D eigenvalue weighted by molar-refractivity contribution is 5.95. The van der Waals surface area contributed by atoms with Gasteiger partial charge in [-0.05, 0) is 25.8 Å². The highest BCUT2D eigenvalue weighted by atomic mass is 16.5. The minimum absolute atomic E-state index is 0.194. The van der Waals surface area contributed by atoms with Gasteiger partial charge in [0.05, 0.1) is 25.3 Å². The molecule has 34 heavy (non-hydrogen) atoms. The monoisotopic (exact) mass is 470 g/mol. The van der Waals surface area contributed by atoms with Gasteiger partial charge in [-0.3, -0.25) is 14.6 Å². The van der Waals surface area contributed by atoms with Crippen LogP contribution in [-0.4, -0.2) is 86.1 Å². The van der Waals surface area contributed by atoms with Gasteiger partial charge in [-0.15, -0.1) is 0 Å². The lowest BCUT2D eigenvalue weighted by atomic mass is 9.84. The molecule has 2 aliphatic heterocycles. The predicted molar refractivity (Wildman–Crippen MR) is 126 cm³/mol. The van der Waals surface area contributed by atoms with Crippen LogP contribution < -0.4 is 10.1 Å². The van der Waals surface area contributed by atoms with E-state index < -0.39 is 12.0 Å². The minimum atomic E-state index is -0.685. The van der Waals surface area contributed by atoms with Gasteiger partial charge in [0.2, 0.25) is 5.91 Å². The summed E-state index contributed by atoms with van der Waals surface area (Å²) >= 11 is 0. The number of hydrogen-bond donors (Lipinski definition) is 1. The fourth-order valence-corrected chi connectivity index (χ4v) is 4.79. The summed E-state index contributed by atoms with van der Waals surface area (Å²) in [6.07, 6.45) is 3.14. The van der Waals surface area contributed by atoms with E-state index in [2.05, 4.69) is 10.2 Å². The van der Waals surface area contributed by atoms with Crippen LogP contribution in [0.25, 0.3) is 0 Å². The first-order valence-corrected chi connectivity index (χ1v) is 12.0. The van der Waals surface area contributed by atoms with Crippen LogP contribution in [0.4, 0.5) is 4.79 Å². The number of amides is 3. The molecule has 4 rings (SSSR count). The largest absolute Gasteiger partial charge is 0.496 e. The van der Waals surface area contributed by atoms with E-state index in [1.54, 1.807) is 27.1 Å². The molecule has 1 atom stereocenters. The molecule has 1 saturated heterocycles. The second-order valence-electron chi connectivity index (χ2n) is 8.99. The number of hydrogen-bond acceptors (Lipinski definition) is 6. The smallest absolute Gasteiger partial charge is 0.338 e. The quantitative estimate of drug-likeness (QED) is 0.614. The Morgan fingerprint density at radius 1 is 1.12 bits per heavy atom. The Morgan fingerprint density at radius 3 is 2.44 bits per heavy atom. The third-order valence-corrected chi connectivity index (χ3v) is 7.03. The number of rotatable bonds is 7. The van der Waals surface area contributed by atoms with Crippen molar-refractivity contribution in [2.75, 3.05) is 53.5 Å². The average molecular weight is 471 g/mol. The van der Waals surface area contributed by atoms with Gasteiger partial charge in [-0.1, -0.05) is 24.6 Å². The van der Waals surface area contributed by atoms with Crippen molar-refractivity contribution in [2.24, 2.45) is 5.92 Å². The fourth-order valence-electron chi connectivity index (χ4n) is 4.79. The van der Waals surface area contributed by atoms with Crippen molar-refractivity contribution in [2.45, 2.75) is 32.2 Å². The number of nitrogens with zero attached hydrogens (tertiary/aromatic N) is 3. The van der Waals surface area contributed by atoms with Gasteiger partial charge in [0.25, 0.3) is 0 Å². The molecule has 0 spiro atoms. The number of likely N-dealkylation sites (N-methyl/N-ethyl adjacent to an activating group) is 1. The number of carbonyl (C=O) groups is 3. The number of piperazine rings is 1. The first kappa shape index (κ1) is 24.1. The Kier molecular flexibility index (Phi) is 7.41. The zero-order chi connectivity index (χ0) is 24.2. The first-order chi connectivity index (χ1) is 16.4. The Hall–Kier alpha value is -3.07. The van der Waals surface area contributed by atoms with Crippen LogP contribution in [0.2, 0.25) is 0 Å². The van der Waals surface area contributed by atoms with Crippen LogP contribution in [0.1, 0.15) is 37.8 Å². The second kappa shape index (κ2) is 10.5. The van der Waals surface area contributed by atoms with Crippen molar-refractivity contribution < 1.29 is 23.9 Å². The normalized spacial score (nSPS) is 21.7. The SMILES string of the molecule is CCOC(=O)C1=C(CN2CCN(C(=O)C3CCC3)CC2)N(C)C(=O)N[C@@H]1c1ccccc1OC. The standard InChI is InChI=1S/C25H34N4O5/c1-4-34-24(31)21-19(16-28-12-14-29(15-13-28)23(30)17-8-7-9-17)27(2)25(32)26-22(21)18-10-5-6-11-20(18)33-3/h5-6,10-11,17,22H,4,7-9,12-16H2,1-3H3,(H,26,32)/t22-/m1/s1. The van der Waals surface area contributed by atoms with E-state index in [1.807, 2.05) is 23.1 Å². The van der Waals surface area contributed by atoms with Crippen molar-refractivity contribution >= 4 is 17.9 Å². The van der Waals surface area contributed by atoms with Gasteiger partial charge >= 0.3 is 12.0 Å². The van der Waals surface area contributed by atoms with E-state index in [0.717, 1.165) is 19.3 Å². The molecular weight excluding hydrogens is 436 g/mol. The van der Waals surface area contributed by atoms with E-state index in [1.165, 1.54) is 4.90 Å². The number of esters is 1. The number of para-hydroxylation sites is 1. The molecule has 3 aliphatic rings. The first-order valence-electron chi connectivity index (χ1n) is 12.0. The maximum atomic E-state index is 13.2. The van der Waals surface area contributed by atoms with Crippen molar-refractivity contribution in [3.63, 3.8) is 0 Å². The molecule has 2 fully saturated rings. The van der Waals surface area contributed by atoms with Gasteiger partial charge < -0.3 is 19.7 Å². The van der Waals surface area contributed by atoms with Gasteiger partial charge in [-0.25, -0.2) is 9.59 Å². The van der Waals surface area contributed by atoms with Gasteiger partial charge in [0.1, 0.15) is 5.75 Å². The number of carbonyl (C=O) groups excluding carboxylic acids is 3. The number of methoxy groups -OCH3 is 1. The molecule has 9 nitrogen and oxygen atoms in total. The van der Waals surface area contributed by atoms with E-state index in [4.69, 9.17) is 9.47 Å². The molecule has 1 aromatic rings. The van der Waals surface area contributed by atoms with Crippen LogP contribution in [0.15, 0.2) is 35.5 Å². The van der Waals surface area contributed by atoms with Crippen LogP contribution in [0.5, 0.6) is 5.75 Å². The maximum Gasteiger partial charge on any atom is 0.338 e. The Labute approximate surface area is 200 Å². The van der Waals surface area contributed by atoms with Crippen LogP contribution in [0.3, 0.4) is 0 Å². The second-order valence-corrected chi connectivity index (χ2v) is 8.99.